The number of carbonyl (C=O) groups excluding carboxylic acids is 1. The van der Waals surface area contributed by atoms with Crippen molar-refractivity contribution in [1.82, 2.24) is 19.9 Å². The molecule has 2 aromatic heterocycles. The number of aryl methyl sites for hydroxylation is 2. The van der Waals surface area contributed by atoms with Crippen LogP contribution in [-0.4, -0.2) is 38.1 Å². The molecule has 0 radical (unpaired) electrons. The van der Waals surface area contributed by atoms with Gasteiger partial charge in [-0.05, 0) is 44.9 Å². The number of amides is 1. The molecule has 1 amide bonds. The zero-order chi connectivity index (χ0) is 18.3. The highest BCUT2D eigenvalue weighted by molar-refractivity contribution is 7.99. The van der Waals surface area contributed by atoms with Gasteiger partial charge in [-0.25, -0.2) is 9.97 Å². The van der Waals surface area contributed by atoms with Gasteiger partial charge < -0.3 is 9.88 Å². The molecule has 5 nitrogen and oxygen atoms in total. The fourth-order valence-corrected chi connectivity index (χ4v) is 4.57. The summed E-state index contributed by atoms with van der Waals surface area (Å²) in [6.07, 6.45) is 0.889. The highest BCUT2D eigenvalue weighted by Gasteiger charge is 2.30. The van der Waals surface area contributed by atoms with E-state index >= 15 is 0 Å². The number of thioether (sulfide) groups is 1. The summed E-state index contributed by atoms with van der Waals surface area (Å²) < 4.78 is 0. The first-order chi connectivity index (χ1) is 12.5. The lowest BCUT2D eigenvalue weighted by molar-refractivity contribution is -0.130. The number of nitrogens with one attached hydrogen (secondary N) is 1. The highest BCUT2D eigenvalue weighted by atomic mass is 32.2. The molecule has 1 aliphatic rings. The predicted octanol–water partition coefficient (Wildman–Crippen LogP) is 3.81. The first kappa shape index (κ1) is 17.1. The van der Waals surface area contributed by atoms with Crippen molar-refractivity contribution in [3.8, 4) is 0 Å². The molecule has 1 atom stereocenters. The van der Waals surface area contributed by atoms with Crippen molar-refractivity contribution < 1.29 is 4.79 Å². The van der Waals surface area contributed by atoms with Gasteiger partial charge in [-0.3, -0.25) is 4.79 Å². The predicted molar refractivity (Wildman–Crippen MR) is 104 cm³/mol. The zero-order valence-corrected chi connectivity index (χ0v) is 16.1. The van der Waals surface area contributed by atoms with Crippen LogP contribution in [0.2, 0.25) is 0 Å². The third kappa shape index (κ3) is 3.09. The van der Waals surface area contributed by atoms with Crippen LogP contribution in [0.1, 0.15) is 35.6 Å². The summed E-state index contributed by atoms with van der Waals surface area (Å²) in [7, 11) is 0. The van der Waals surface area contributed by atoms with Gasteiger partial charge in [0.25, 0.3) is 0 Å². The van der Waals surface area contributed by atoms with Gasteiger partial charge in [0.1, 0.15) is 0 Å². The Morgan fingerprint density at radius 3 is 2.77 bits per heavy atom. The van der Waals surface area contributed by atoms with E-state index in [-0.39, 0.29) is 11.9 Å². The summed E-state index contributed by atoms with van der Waals surface area (Å²) >= 11 is 1.42. The Balaban J connectivity index is 1.50. The molecule has 1 unspecified atom stereocenters. The number of hydrogen-bond donors (Lipinski definition) is 1. The van der Waals surface area contributed by atoms with Crippen molar-refractivity contribution in [3.05, 3.63) is 53.0 Å². The van der Waals surface area contributed by atoms with Gasteiger partial charge >= 0.3 is 0 Å². The molecule has 0 bridgehead atoms. The lowest BCUT2D eigenvalue weighted by Crippen LogP contribution is -2.39. The Kier molecular flexibility index (Phi) is 4.44. The Hall–Kier alpha value is -2.34. The first-order valence-electron chi connectivity index (χ1n) is 8.87. The van der Waals surface area contributed by atoms with Gasteiger partial charge in [-0.2, -0.15) is 0 Å². The average molecular weight is 366 g/mol. The molecule has 3 heterocycles. The first-order valence-corrected chi connectivity index (χ1v) is 9.85. The molecule has 0 spiro atoms. The second-order valence-corrected chi connectivity index (χ2v) is 7.74. The van der Waals surface area contributed by atoms with Crippen LogP contribution in [0.25, 0.3) is 10.9 Å². The topological polar surface area (TPSA) is 61.9 Å². The summed E-state index contributed by atoms with van der Waals surface area (Å²) in [6.45, 7) is 6.75. The molecule has 0 aliphatic carbocycles. The third-order valence-electron chi connectivity index (χ3n) is 4.94. The Morgan fingerprint density at radius 2 is 2.00 bits per heavy atom. The van der Waals surface area contributed by atoms with Gasteiger partial charge in [0.2, 0.25) is 5.91 Å². The summed E-state index contributed by atoms with van der Waals surface area (Å²) in [6, 6.07) is 10.4. The van der Waals surface area contributed by atoms with Gasteiger partial charge in [0.15, 0.2) is 5.16 Å². The minimum atomic E-state index is 0.0550. The summed E-state index contributed by atoms with van der Waals surface area (Å²) in [5.74, 6) is 0.498. The maximum atomic E-state index is 12.8. The van der Waals surface area contributed by atoms with E-state index in [9.17, 15) is 4.79 Å². The van der Waals surface area contributed by atoms with E-state index in [1.54, 1.807) is 0 Å². The van der Waals surface area contributed by atoms with Crippen LogP contribution in [-0.2, 0) is 11.2 Å². The van der Waals surface area contributed by atoms with Crippen LogP contribution in [0.4, 0.5) is 0 Å². The van der Waals surface area contributed by atoms with E-state index < -0.39 is 0 Å². The summed E-state index contributed by atoms with van der Waals surface area (Å²) in [4.78, 5) is 27.1. The maximum absolute atomic E-state index is 12.8. The monoisotopic (exact) mass is 366 g/mol. The molecule has 3 aromatic rings. The molecule has 1 aromatic carbocycles. The molecule has 26 heavy (non-hydrogen) atoms. The smallest absolute Gasteiger partial charge is 0.233 e. The van der Waals surface area contributed by atoms with E-state index in [0.29, 0.717) is 10.9 Å². The Bertz CT molecular complexity index is 961. The SMILES string of the molecule is Cc1cc(C)nc(SCC(=O)N2CCc3c([nH]c4ccccc34)C2C)n1. The fourth-order valence-electron chi connectivity index (χ4n) is 3.74. The second kappa shape index (κ2) is 6.76. The van der Waals surface area contributed by atoms with Crippen molar-refractivity contribution in [2.75, 3.05) is 12.3 Å². The van der Waals surface area contributed by atoms with Crippen molar-refractivity contribution >= 4 is 28.6 Å². The van der Waals surface area contributed by atoms with Crippen LogP contribution < -0.4 is 0 Å². The Labute approximate surface area is 157 Å². The van der Waals surface area contributed by atoms with Gasteiger partial charge in [-0.1, -0.05) is 30.0 Å². The molecule has 0 saturated heterocycles. The minimum Gasteiger partial charge on any atom is -0.356 e. The zero-order valence-electron chi connectivity index (χ0n) is 15.2. The number of nitrogens with zero attached hydrogens (tertiary/aromatic N) is 3. The Morgan fingerprint density at radius 1 is 1.27 bits per heavy atom. The van der Waals surface area contributed by atoms with Gasteiger partial charge in [-0.15, -0.1) is 0 Å². The highest BCUT2D eigenvalue weighted by Crippen LogP contribution is 2.34. The third-order valence-corrected chi connectivity index (χ3v) is 5.77. The largest absolute Gasteiger partial charge is 0.356 e. The maximum Gasteiger partial charge on any atom is 0.233 e. The molecule has 1 N–H and O–H groups in total. The molecule has 4 rings (SSSR count). The number of aromatic amines is 1. The number of rotatable bonds is 3. The summed E-state index contributed by atoms with van der Waals surface area (Å²) in [5.41, 5.74) is 5.53. The van der Waals surface area contributed by atoms with Crippen molar-refractivity contribution in [1.29, 1.82) is 0 Å². The van der Waals surface area contributed by atoms with E-state index in [0.717, 1.165) is 29.9 Å². The van der Waals surface area contributed by atoms with Crippen LogP contribution in [0.5, 0.6) is 0 Å². The number of H-pyrrole nitrogens is 1. The number of carbonyl (C=O) groups is 1. The number of fused-ring (bicyclic) bond motifs is 3. The van der Waals surface area contributed by atoms with E-state index in [4.69, 9.17) is 0 Å². The van der Waals surface area contributed by atoms with E-state index in [2.05, 4.69) is 40.1 Å². The van der Waals surface area contributed by atoms with Crippen LogP contribution in [0.15, 0.2) is 35.5 Å². The summed E-state index contributed by atoms with van der Waals surface area (Å²) in [5, 5.41) is 1.95. The molecule has 0 saturated carbocycles. The molecule has 134 valence electrons. The molecule has 1 aliphatic heterocycles. The standard InChI is InChI=1S/C20H22N4OS/c1-12-10-13(2)22-20(21-12)26-11-18(25)24-9-8-16-15-6-4-5-7-17(15)23-19(16)14(24)3/h4-7,10,14,23H,8-9,11H2,1-3H3. The van der Waals surface area contributed by atoms with Gasteiger partial charge in [0, 0.05) is 34.5 Å². The fraction of sp³-hybridized carbons (Fsp3) is 0.350. The van der Waals surface area contributed by atoms with Crippen molar-refractivity contribution in [2.45, 2.75) is 38.4 Å². The van der Waals surface area contributed by atoms with Crippen molar-refractivity contribution in [2.24, 2.45) is 0 Å². The van der Waals surface area contributed by atoms with Crippen molar-refractivity contribution in [3.63, 3.8) is 0 Å². The molecular weight excluding hydrogens is 344 g/mol. The van der Waals surface area contributed by atoms with E-state index in [1.165, 1.54) is 28.4 Å². The van der Waals surface area contributed by atoms with E-state index in [1.807, 2.05) is 30.9 Å². The molecule has 6 heteroatoms. The normalized spacial score (nSPS) is 16.7. The quantitative estimate of drug-likeness (QED) is 0.565. The number of aromatic nitrogens is 3. The van der Waals surface area contributed by atoms with Crippen LogP contribution in [0.3, 0.4) is 0 Å². The number of hydrogen-bond acceptors (Lipinski definition) is 4. The number of para-hydroxylation sites is 1. The molecule has 0 fully saturated rings. The second-order valence-electron chi connectivity index (χ2n) is 6.80. The van der Waals surface area contributed by atoms with Crippen LogP contribution >= 0.6 is 11.8 Å². The van der Waals surface area contributed by atoms with Gasteiger partial charge in [0.05, 0.1) is 11.8 Å². The minimum absolute atomic E-state index is 0.0550. The lowest BCUT2D eigenvalue weighted by Gasteiger charge is -2.33. The average Bonchev–Trinajstić information content (AvgIpc) is 2.99. The van der Waals surface area contributed by atoms with Crippen LogP contribution in [0, 0.1) is 13.8 Å². The molecular formula is C20H22N4OS. The number of benzene rings is 1. The lowest BCUT2D eigenvalue weighted by atomic mass is 9.98.